The summed E-state index contributed by atoms with van der Waals surface area (Å²) in [5.41, 5.74) is 0. The van der Waals surface area contributed by atoms with Crippen LogP contribution in [0.5, 0.6) is 0 Å². The SMILES string of the molecule is C=CCCCCCCOC1OC(CO)C(OC2OC(CO)C(O)C(OC3OC(CO)C(O)C(O)C3O)C2OC2OC(C)C(O)C(O)C2O)C(O)C1O. The van der Waals surface area contributed by atoms with E-state index in [1.165, 1.54) is 6.92 Å². The minimum atomic E-state index is -1.97. The monoisotopic (exact) mass is 760 g/mol. The maximum atomic E-state index is 11.3. The smallest absolute Gasteiger partial charge is 0.187 e. The molecular formula is C32H56O20. The van der Waals surface area contributed by atoms with Crippen LogP contribution < -0.4 is 0 Å². The first-order valence-electron chi connectivity index (χ1n) is 17.5. The summed E-state index contributed by atoms with van der Waals surface area (Å²) in [7, 11) is 0. The normalized spacial score (nSPS) is 47.3. The quantitative estimate of drug-likeness (QED) is 0.0486. The van der Waals surface area contributed by atoms with Crippen molar-refractivity contribution in [1.29, 1.82) is 0 Å². The molecule has 0 radical (unpaired) electrons. The Labute approximate surface area is 300 Å². The molecule has 52 heavy (non-hydrogen) atoms. The van der Waals surface area contributed by atoms with Gasteiger partial charge in [-0.15, -0.1) is 6.58 Å². The maximum Gasteiger partial charge on any atom is 0.187 e. The van der Waals surface area contributed by atoms with Crippen LogP contribution in [0.15, 0.2) is 12.7 Å². The van der Waals surface area contributed by atoms with Crippen molar-refractivity contribution in [1.82, 2.24) is 0 Å². The molecule has 20 atom stereocenters. The molecule has 4 rings (SSSR count). The summed E-state index contributed by atoms with van der Waals surface area (Å²) in [4.78, 5) is 0. The van der Waals surface area contributed by atoms with Gasteiger partial charge in [0.1, 0.15) is 91.6 Å². The van der Waals surface area contributed by atoms with Crippen LogP contribution in [0.3, 0.4) is 0 Å². The Morgan fingerprint density at radius 1 is 0.481 bits per heavy atom. The molecule has 0 amide bonds. The largest absolute Gasteiger partial charge is 0.394 e. The Bertz CT molecular complexity index is 1060. The van der Waals surface area contributed by atoms with Crippen LogP contribution in [0, 0.1) is 0 Å². The lowest BCUT2D eigenvalue weighted by molar-refractivity contribution is -0.405. The van der Waals surface area contributed by atoms with Gasteiger partial charge in [-0.3, -0.25) is 0 Å². The average molecular weight is 761 g/mol. The van der Waals surface area contributed by atoms with Crippen molar-refractivity contribution in [2.45, 2.75) is 162 Å². The molecule has 20 unspecified atom stereocenters. The summed E-state index contributed by atoms with van der Waals surface area (Å²) in [5, 5.41) is 126. The summed E-state index contributed by atoms with van der Waals surface area (Å²) >= 11 is 0. The van der Waals surface area contributed by atoms with Crippen molar-refractivity contribution in [3.05, 3.63) is 12.7 Å². The van der Waals surface area contributed by atoms with E-state index in [2.05, 4.69) is 6.58 Å². The average Bonchev–Trinajstić information content (AvgIpc) is 3.13. The molecule has 4 aliphatic heterocycles. The molecule has 0 saturated carbocycles. The molecule has 0 aromatic heterocycles. The Hall–Kier alpha value is -1.06. The fraction of sp³-hybridized carbons (Fsp3) is 0.938. The van der Waals surface area contributed by atoms with Crippen molar-refractivity contribution in [2.75, 3.05) is 26.4 Å². The van der Waals surface area contributed by atoms with Gasteiger partial charge in [-0.2, -0.15) is 0 Å². The number of hydrogen-bond acceptors (Lipinski definition) is 20. The van der Waals surface area contributed by atoms with Gasteiger partial charge < -0.3 is 99.2 Å². The van der Waals surface area contributed by atoms with Gasteiger partial charge in [-0.25, -0.2) is 0 Å². The lowest BCUT2D eigenvalue weighted by Crippen LogP contribution is -2.68. The second-order valence-electron chi connectivity index (χ2n) is 13.5. The number of unbranched alkanes of at least 4 members (excludes halogenated alkanes) is 4. The summed E-state index contributed by atoms with van der Waals surface area (Å²) in [6, 6.07) is 0. The van der Waals surface area contributed by atoms with E-state index < -0.39 is 143 Å². The standard InChI is InChI=1S/C32H56O20/c1-3-4-5-6-7-8-9-45-29-25(44)22(41)26(16(12-35)49-29)50-32-28(52-30-23(42)20(39)17(36)13(2)46-30)27(19(38)15(11-34)48-32)51-31-24(43)21(40)18(37)14(10-33)47-31/h3,13-44H,1,4-12H2,2H3. The minimum Gasteiger partial charge on any atom is -0.394 e. The number of allylic oxidation sites excluding steroid dienone is 1. The van der Waals surface area contributed by atoms with Crippen LogP contribution in [-0.4, -0.2) is 211 Å². The molecule has 0 aromatic rings. The first-order chi connectivity index (χ1) is 24.8. The van der Waals surface area contributed by atoms with Gasteiger partial charge >= 0.3 is 0 Å². The number of rotatable bonds is 17. The third-order valence-electron chi connectivity index (χ3n) is 9.73. The van der Waals surface area contributed by atoms with E-state index in [9.17, 15) is 61.3 Å². The number of aliphatic hydroxyl groups is 12. The third kappa shape index (κ3) is 10.0. The zero-order valence-electron chi connectivity index (χ0n) is 28.8. The van der Waals surface area contributed by atoms with Crippen LogP contribution in [0.2, 0.25) is 0 Å². The lowest BCUT2D eigenvalue weighted by Gasteiger charge is -2.50. The fourth-order valence-corrected chi connectivity index (χ4v) is 6.52. The van der Waals surface area contributed by atoms with Crippen molar-refractivity contribution in [3.8, 4) is 0 Å². The highest BCUT2D eigenvalue weighted by molar-refractivity contribution is 4.98. The second kappa shape index (κ2) is 20.2. The molecule has 4 aliphatic rings. The molecule has 0 aliphatic carbocycles. The summed E-state index contributed by atoms with van der Waals surface area (Å²) < 4.78 is 46.0. The Kier molecular flexibility index (Phi) is 17.0. The van der Waals surface area contributed by atoms with Crippen molar-refractivity contribution >= 4 is 0 Å². The van der Waals surface area contributed by atoms with Gasteiger partial charge in [0.15, 0.2) is 25.2 Å². The van der Waals surface area contributed by atoms with Gasteiger partial charge in [0.2, 0.25) is 0 Å². The van der Waals surface area contributed by atoms with Gasteiger partial charge in [0, 0.05) is 6.61 Å². The van der Waals surface area contributed by atoms with Gasteiger partial charge in [-0.05, 0) is 26.2 Å². The van der Waals surface area contributed by atoms with E-state index in [-0.39, 0.29) is 6.61 Å². The van der Waals surface area contributed by atoms with Crippen LogP contribution in [0.25, 0.3) is 0 Å². The zero-order valence-corrected chi connectivity index (χ0v) is 28.8. The van der Waals surface area contributed by atoms with E-state index in [0.717, 1.165) is 25.7 Å². The lowest BCUT2D eigenvalue weighted by atomic mass is 9.95. The molecule has 0 spiro atoms. The Balaban J connectivity index is 1.59. The highest BCUT2D eigenvalue weighted by atomic mass is 16.8. The first kappa shape index (κ1) is 43.7. The van der Waals surface area contributed by atoms with E-state index in [4.69, 9.17) is 37.9 Å². The summed E-state index contributed by atoms with van der Waals surface area (Å²) in [6.45, 7) is 2.75. The van der Waals surface area contributed by atoms with Gasteiger partial charge in [-0.1, -0.05) is 18.9 Å². The van der Waals surface area contributed by atoms with Crippen LogP contribution in [0.4, 0.5) is 0 Å². The highest BCUT2D eigenvalue weighted by Crippen LogP contribution is 2.36. The number of aliphatic hydroxyl groups excluding tert-OH is 12. The summed E-state index contributed by atoms with van der Waals surface area (Å²) in [5.74, 6) is 0. The van der Waals surface area contributed by atoms with E-state index in [1.807, 2.05) is 6.08 Å². The Morgan fingerprint density at radius 2 is 0.981 bits per heavy atom. The predicted octanol–water partition coefficient (Wildman–Crippen LogP) is -5.56. The maximum absolute atomic E-state index is 11.3. The van der Waals surface area contributed by atoms with Gasteiger partial charge in [0.05, 0.1) is 25.9 Å². The fourth-order valence-electron chi connectivity index (χ4n) is 6.52. The van der Waals surface area contributed by atoms with Crippen LogP contribution in [0.1, 0.15) is 39.0 Å². The van der Waals surface area contributed by atoms with Crippen molar-refractivity contribution < 1.29 is 99.2 Å². The Morgan fingerprint density at radius 3 is 1.62 bits per heavy atom. The van der Waals surface area contributed by atoms with Crippen molar-refractivity contribution in [3.63, 3.8) is 0 Å². The topological polar surface area (TPSA) is 317 Å². The molecule has 4 saturated heterocycles. The highest BCUT2D eigenvalue weighted by Gasteiger charge is 2.56. The zero-order chi connectivity index (χ0) is 38.3. The van der Waals surface area contributed by atoms with Gasteiger partial charge in [0.25, 0.3) is 0 Å². The summed E-state index contributed by atoms with van der Waals surface area (Å²) in [6.07, 6.45) is -27.8. The van der Waals surface area contributed by atoms with E-state index in [0.29, 0.717) is 6.42 Å². The molecular weight excluding hydrogens is 704 g/mol. The predicted molar refractivity (Wildman–Crippen MR) is 169 cm³/mol. The first-order valence-corrected chi connectivity index (χ1v) is 17.5. The molecule has 0 aromatic carbocycles. The molecule has 4 fully saturated rings. The number of ether oxygens (including phenoxy) is 8. The van der Waals surface area contributed by atoms with E-state index in [1.54, 1.807) is 0 Å². The molecule has 12 N–H and O–H groups in total. The molecule has 304 valence electrons. The molecule has 20 heteroatoms. The second-order valence-corrected chi connectivity index (χ2v) is 13.5. The third-order valence-corrected chi connectivity index (χ3v) is 9.73. The number of hydrogen-bond donors (Lipinski definition) is 12. The van der Waals surface area contributed by atoms with Crippen LogP contribution >= 0.6 is 0 Å². The van der Waals surface area contributed by atoms with Crippen molar-refractivity contribution in [2.24, 2.45) is 0 Å². The molecule has 4 heterocycles. The molecule has 0 bridgehead atoms. The van der Waals surface area contributed by atoms with Crippen LogP contribution in [-0.2, 0) is 37.9 Å². The minimum absolute atomic E-state index is 0.170. The molecule has 20 nitrogen and oxygen atoms in total. The van der Waals surface area contributed by atoms with E-state index >= 15 is 0 Å².